The number of aryl methyl sites for hydroxylation is 1. The molecule has 3 aromatic rings. The van der Waals surface area contributed by atoms with Gasteiger partial charge in [-0.3, -0.25) is 0 Å². The van der Waals surface area contributed by atoms with Gasteiger partial charge in [0.15, 0.2) is 0 Å². The molecule has 1 N–H and O–H groups in total. The molecule has 0 aliphatic rings. The van der Waals surface area contributed by atoms with E-state index in [0.29, 0.717) is 14.3 Å². The Hall–Kier alpha value is -1.02. The molecule has 0 aromatic heterocycles. The van der Waals surface area contributed by atoms with Crippen LogP contribution in [0.25, 0.3) is 0 Å². The van der Waals surface area contributed by atoms with E-state index in [1.165, 1.54) is 27.7 Å². The maximum atomic E-state index is 11.4. The summed E-state index contributed by atoms with van der Waals surface area (Å²) < 4.78 is 0. The normalized spacial score (nSPS) is 11.8. The van der Waals surface area contributed by atoms with Gasteiger partial charge < -0.3 is 10.0 Å². The first kappa shape index (κ1) is 31.2. The first-order chi connectivity index (χ1) is 16.8. The Morgan fingerprint density at radius 3 is 2.03 bits per heavy atom. The van der Waals surface area contributed by atoms with E-state index in [4.69, 9.17) is 18.6 Å². The van der Waals surface area contributed by atoms with E-state index in [2.05, 4.69) is 121 Å². The molecule has 0 aliphatic heterocycles. The Bertz CT molecular complexity index is 1120. The van der Waals surface area contributed by atoms with Gasteiger partial charge in [0.05, 0.1) is 0 Å². The molecule has 0 saturated carbocycles. The molecule has 0 bridgehead atoms. The number of anilines is 1. The van der Waals surface area contributed by atoms with Gasteiger partial charge in [0, 0.05) is 34.9 Å². The third-order valence-corrected chi connectivity index (χ3v) is 7.78. The molecule has 6 heteroatoms. The number of benzene rings is 3. The monoisotopic (exact) mass is 579 g/mol. The van der Waals surface area contributed by atoms with Crippen LogP contribution in [0.1, 0.15) is 70.7 Å². The summed E-state index contributed by atoms with van der Waals surface area (Å²) in [6.45, 7) is 19.5. The zero-order valence-electron chi connectivity index (χ0n) is 22.8. The predicted octanol–water partition coefficient (Wildman–Crippen LogP) is 8.33. The Kier molecular flexibility index (Phi) is 11.9. The summed E-state index contributed by atoms with van der Waals surface area (Å²) in [7, 11) is 10.2. The molecule has 0 fully saturated rings. The van der Waals surface area contributed by atoms with Crippen molar-refractivity contribution in [2.75, 3.05) is 11.4 Å². The summed E-state index contributed by atoms with van der Waals surface area (Å²) in [5.74, 6) is 0.453. The average molecular weight is 580 g/mol. The van der Waals surface area contributed by atoms with Gasteiger partial charge in [-0.05, 0) is 53.5 Å². The first-order valence-electron chi connectivity index (χ1n) is 12.3. The SMILES string of the molecule is CCN(Cc1ccccc1)c1cccc(C)c1Pc1cc(C(C)(C)C)cc(C(C)(C)C)c1O.[Cl][Ti][Cl]. The van der Waals surface area contributed by atoms with Gasteiger partial charge in [0.25, 0.3) is 0 Å². The number of aromatic hydroxyl groups is 1. The molecule has 1 unspecified atom stereocenters. The van der Waals surface area contributed by atoms with Crippen molar-refractivity contribution < 1.29 is 22.1 Å². The topological polar surface area (TPSA) is 23.5 Å². The van der Waals surface area contributed by atoms with E-state index in [1.807, 2.05) is 0 Å². The number of hydrogen-bond acceptors (Lipinski definition) is 2. The van der Waals surface area contributed by atoms with E-state index in [1.54, 1.807) is 0 Å². The van der Waals surface area contributed by atoms with E-state index in [0.717, 1.165) is 24.0 Å². The minimum absolute atomic E-state index is 0.0181. The van der Waals surface area contributed by atoms with Crippen LogP contribution in [0.2, 0.25) is 0 Å². The quantitative estimate of drug-likeness (QED) is 0.234. The van der Waals surface area contributed by atoms with E-state index >= 15 is 0 Å². The van der Waals surface area contributed by atoms with Crippen LogP contribution in [-0.2, 0) is 34.4 Å². The Morgan fingerprint density at radius 1 is 0.889 bits per heavy atom. The van der Waals surface area contributed by atoms with Crippen molar-refractivity contribution >= 4 is 43.5 Å². The van der Waals surface area contributed by atoms with Gasteiger partial charge in [0.1, 0.15) is 5.75 Å². The molecule has 0 heterocycles. The van der Waals surface area contributed by atoms with Crippen LogP contribution in [-0.4, -0.2) is 11.7 Å². The van der Waals surface area contributed by atoms with E-state index in [9.17, 15) is 5.11 Å². The molecule has 0 saturated heterocycles. The second-order valence-electron chi connectivity index (χ2n) is 11.1. The minimum atomic E-state index is -0.556. The van der Waals surface area contributed by atoms with Crippen molar-refractivity contribution in [1.82, 2.24) is 0 Å². The Balaban J connectivity index is 0.00000145. The van der Waals surface area contributed by atoms with Crippen LogP contribution in [0.4, 0.5) is 5.69 Å². The maximum absolute atomic E-state index is 11.4. The van der Waals surface area contributed by atoms with Gasteiger partial charge in [-0.15, -0.1) is 0 Å². The van der Waals surface area contributed by atoms with Crippen molar-refractivity contribution in [3.8, 4) is 5.75 Å². The van der Waals surface area contributed by atoms with Crippen molar-refractivity contribution in [3.63, 3.8) is 0 Å². The number of phenols is 1. The van der Waals surface area contributed by atoms with Crippen molar-refractivity contribution in [2.24, 2.45) is 0 Å². The van der Waals surface area contributed by atoms with E-state index in [-0.39, 0.29) is 10.8 Å². The predicted molar refractivity (Wildman–Crippen MR) is 159 cm³/mol. The van der Waals surface area contributed by atoms with Gasteiger partial charge >= 0.3 is 35.6 Å². The molecule has 3 rings (SSSR count). The molecule has 0 spiro atoms. The van der Waals surface area contributed by atoms with Crippen LogP contribution in [0.3, 0.4) is 0 Å². The second-order valence-corrected chi connectivity index (χ2v) is 15.0. The summed E-state index contributed by atoms with van der Waals surface area (Å²) in [5, 5.41) is 13.7. The van der Waals surface area contributed by atoms with Crippen molar-refractivity contribution in [2.45, 2.75) is 72.8 Å². The van der Waals surface area contributed by atoms with Crippen LogP contribution < -0.4 is 15.5 Å². The third-order valence-electron chi connectivity index (χ3n) is 6.23. The van der Waals surface area contributed by atoms with Crippen molar-refractivity contribution in [3.05, 3.63) is 82.9 Å². The molecule has 0 amide bonds. The van der Waals surface area contributed by atoms with Crippen LogP contribution in [0, 0.1) is 6.92 Å². The summed E-state index contributed by atoms with van der Waals surface area (Å²) in [6.07, 6.45) is 0. The second kappa shape index (κ2) is 13.7. The number of nitrogens with zero attached hydrogens (tertiary/aromatic N) is 1. The van der Waals surface area contributed by atoms with Gasteiger partial charge in [-0.25, -0.2) is 0 Å². The molecular weight excluding hydrogens is 540 g/mol. The van der Waals surface area contributed by atoms with Crippen molar-refractivity contribution in [1.29, 1.82) is 0 Å². The fourth-order valence-electron chi connectivity index (χ4n) is 4.12. The summed E-state index contributed by atoms with van der Waals surface area (Å²) in [4.78, 5) is 2.44. The zero-order chi connectivity index (χ0) is 27.1. The number of phenolic OH excluding ortho intramolecular Hbond substituents is 1. The standard InChI is InChI=1S/C30H40NOP.2ClH.Ti/c1-9-31(20-22-15-11-10-12-16-22)25-17-13-14-21(2)28(25)33-26-19-23(29(3,4)5)18-24(27(26)32)30(6,7)8;;;/h10-19,32-33H,9,20H2,1-8H3;2*1H;/q;;;+2/p-2. The molecule has 0 radical (unpaired) electrons. The Labute approximate surface area is 237 Å². The number of hydrogen-bond donors (Lipinski definition) is 1. The zero-order valence-corrected chi connectivity index (χ0v) is 26.9. The molecule has 0 aliphatic carbocycles. The van der Waals surface area contributed by atoms with E-state index < -0.39 is 17.0 Å². The molecule has 194 valence electrons. The molecule has 36 heavy (non-hydrogen) atoms. The summed E-state index contributed by atoms with van der Waals surface area (Å²) >= 11 is -0.556. The number of halogens is 2. The van der Waals surface area contributed by atoms with Gasteiger partial charge in [0.2, 0.25) is 0 Å². The molecule has 1 atom stereocenters. The van der Waals surface area contributed by atoms with Crippen LogP contribution in [0.15, 0.2) is 60.7 Å². The van der Waals surface area contributed by atoms with Gasteiger partial charge in [-0.2, -0.15) is 0 Å². The molecule has 3 aromatic carbocycles. The fraction of sp³-hybridized carbons (Fsp3) is 0.400. The Morgan fingerprint density at radius 2 is 1.50 bits per heavy atom. The molecular formula is C30H40Cl2NOPTi. The number of rotatable bonds is 6. The fourth-order valence-corrected chi connectivity index (χ4v) is 5.52. The average Bonchev–Trinajstić information content (AvgIpc) is 2.79. The van der Waals surface area contributed by atoms with Crippen LogP contribution >= 0.6 is 27.2 Å². The summed E-state index contributed by atoms with van der Waals surface area (Å²) in [6, 6.07) is 21.7. The third kappa shape index (κ3) is 8.51. The molecule has 2 nitrogen and oxygen atoms in total. The van der Waals surface area contributed by atoms with Gasteiger partial charge in [-0.1, -0.05) is 98.7 Å². The van der Waals surface area contributed by atoms with Crippen LogP contribution in [0.5, 0.6) is 5.75 Å². The first-order valence-corrected chi connectivity index (χ1v) is 17.6. The summed E-state index contributed by atoms with van der Waals surface area (Å²) in [5.41, 5.74) is 6.05.